The lowest BCUT2D eigenvalue weighted by atomic mass is 9.57. The summed E-state index contributed by atoms with van der Waals surface area (Å²) in [7, 11) is 0. The van der Waals surface area contributed by atoms with E-state index in [4.69, 9.17) is 0 Å². The van der Waals surface area contributed by atoms with Crippen LogP contribution in [0.5, 0.6) is 0 Å². The van der Waals surface area contributed by atoms with Crippen LogP contribution in [0.3, 0.4) is 0 Å². The number of fused-ring (bicyclic) bond motifs is 1. The smallest absolute Gasteiger partial charge is 0.220 e. The standard InChI is InChI=1S/C25H39N3O2/c1-23(2)15-21(28-19-7-4-8-19)25(12-11-24(3,30)14-20(23)25)10-9-22(29)27-17-18-6-5-13-26-16-18/h5-6,13,16,19-21,28,30H,4,7-12,14-15,17H2,1-3H3,(H,27,29). The first-order chi connectivity index (χ1) is 14.2. The molecule has 1 heterocycles. The minimum Gasteiger partial charge on any atom is -0.390 e. The highest BCUT2D eigenvalue weighted by molar-refractivity contribution is 5.75. The number of nitrogens with one attached hydrogen (secondary N) is 2. The van der Waals surface area contributed by atoms with Crippen LogP contribution in [0.4, 0.5) is 0 Å². The lowest BCUT2D eigenvalue weighted by molar-refractivity contribution is -0.123. The molecule has 5 heteroatoms. The van der Waals surface area contributed by atoms with E-state index in [-0.39, 0.29) is 16.7 Å². The summed E-state index contributed by atoms with van der Waals surface area (Å²) in [6.07, 6.45) is 12.7. The Bertz CT molecular complexity index is 744. The minimum atomic E-state index is -0.584. The fourth-order valence-corrected chi connectivity index (χ4v) is 6.46. The van der Waals surface area contributed by atoms with Gasteiger partial charge in [-0.25, -0.2) is 0 Å². The van der Waals surface area contributed by atoms with Crippen LogP contribution >= 0.6 is 0 Å². The van der Waals surface area contributed by atoms with Gasteiger partial charge in [0.05, 0.1) is 5.60 Å². The van der Waals surface area contributed by atoms with E-state index in [0.717, 1.165) is 37.7 Å². The predicted octanol–water partition coefficient (Wildman–Crippen LogP) is 3.96. The fourth-order valence-electron chi connectivity index (χ4n) is 6.46. The van der Waals surface area contributed by atoms with Gasteiger partial charge in [0.1, 0.15) is 0 Å². The Morgan fingerprint density at radius 1 is 1.23 bits per heavy atom. The SMILES string of the molecule is CC1(O)CCC2(CCC(=O)NCc3cccnc3)C(NC3CCC3)CC(C)(C)C2C1. The third kappa shape index (κ3) is 4.43. The van der Waals surface area contributed by atoms with Crippen LogP contribution in [0.15, 0.2) is 24.5 Å². The summed E-state index contributed by atoms with van der Waals surface area (Å²) >= 11 is 0. The normalized spacial score (nSPS) is 35.5. The molecule has 1 amide bonds. The second-order valence-corrected chi connectivity index (χ2v) is 11.2. The molecule has 0 aromatic carbocycles. The quantitative estimate of drug-likeness (QED) is 0.633. The maximum atomic E-state index is 12.7. The van der Waals surface area contributed by atoms with Crippen molar-refractivity contribution in [2.24, 2.45) is 16.7 Å². The van der Waals surface area contributed by atoms with Crippen LogP contribution in [0.25, 0.3) is 0 Å². The van der Waals surface area contributed by atoms with E-state index in [1.807, 2.05) is 19.1 Å². The van der Waals surface area contributed by atoms with Crippen molar-refractivity contribution in [2.45, 2.75) is 103 Å². The lowest BCUT2D eigenvalue weighted by Gasteiger charge is -2.51. The number of amides is 1. The van der Waals surface area contributed by atoms with Gasteiger partial charge in [-0.15, -0.1) is 0 Å². The van der Waals surface area contributed by atoms with Crippen LogP contribution in [-0.4, -0.2) is 33.7 Å². The Labute approximate surface area is 181 Å². The number of carbonyl (C=O) groups is 1. The first-order valence-electron chi connectivity index (χ1n) is 11.8. The Morgan fingerprint density at radius 2 is 2.03 bits per heavy atom. The van der Waals surface area contributed by atoms with Crippen molar-refractivity contribution in [1.29, 1.82) is 0 Å². The van der Waals surface area contributed by atoms with Crippen molar-refractivity contribution in [3.63, 3.8) is 0 Å². The van der Waals surface area contributed by atoms with Gasteiger partial charge >= 0.3 is 0 Å². The van der Waals surface area contributed by atoms with Gasteiger partial charge in [0.25, 0.3) is 0 Å². The molecule has 166 valence electrons. The van der Waals surface area contributed by atoms with Gasteiger partial charge in [0.15, 0.2) is 0 Å². The Kier molecular flexibility index (Phi) is 5.97. The van der Waals surface area contributed by atoms with E-state index in [1.54, 1.807) is 12.4 Å². The van der Waals surface area contributed by atoms with Crippen molar-refractivity contribution in [3.8, 4) is 0 Å². The van der Waals surface area contributed by atoms with Gasteiger partial charge in [-0.05, 0) is 80.2 Å². The third-order valence-corrected chi connectivity index (χ3v) is 8.41. The van der Waals surface area contributed by atoms with E-state index in [0.29, 0.717) is 31.0 Å². The van der Waals surface area contributed by atoms with Gasteiger partial charge in [-0.2, -0.15) is 0 Å². The minimum absolute atomic E-state index is 0.104. The second-order valence-electron chi connectivity index (χ2n) is 11.2. The van der Waals surface area contributed by atoms with E-state index < -0.39 is 5.60 Å². The summed E-state index contributed by atoms with van der Waals surface area (Å²) in [5.74, 6) is 0.564. The van der Waals surface area contributed by atoms with E-state index in [9.17, 15) is 9.90 Å². The van der Waals surface area contributed by atoms with Crippen LogP contribution in [0.1, 0.15) is 84.1 Å². The summed E-state index contributed by atoms with van der Waals surface area (Å²) in [6.45, 7) is 7.28. The van der Waals surface area contributed by atoms with Crippen LogP contribution in [-0.2, 0) is 11.3 Å². The highest BCUT2D eigenvalue weighted by Crippen LogP contribution is 2.64. The predicted molar refractivity (Wildman–Crippen MR) is 119 cm³/mol. The number of hydrogen-bond donors (Lipinski definition) is 3. The summed E-state index contributed by atoms with van der Waals surface area (Å²) < 4.78 is 0. The molecule has 1 aromatic heterocycles. The zero-order valence-electron chi connectivity index (χ0n) is 18.9. The largest absolute Gasteiger partial charge is 0.390 e. The van der Waals surface area contributed by atoms with Crippen LogP contribution in [0, 0.1) is 16.7 Å². The molecule has 0 radical (unpaired) electrons. The van der Waals surface area contributed by atoms with E-state index in [1.165, 1.54) is 19.3 Å². The molecule has 3 aliphatic rings. The van der Waals surface area contributed by atoms with Crippen molar-refractivity contribution in [3.05, 3.63) is 30.1 Å². The third-order valence-electron chi connectivity index (χ3n) is 8.41. The number of aliphatic hydroxyl groups is 1. The zero-order valence-corrected chi connectivity index (χ0v) is 18.9. The maximum Gasteiger partial charge on any atom is 0.220 e. The molecule has 4 atom stereocenters. The molecule has 3 saturated carbocycles. The highest BCUT2D eigenvalue weighted by atomic mass is 16.3. The molecule has 0 saturated heterocycles. The van der Waals surface area contributed by atoms with E-state index >= 15 is 0 Å². The molecule has 4 unspecified atom stereocenters. The average Bonchev–Trinajstić information content (AvgIpc) is 2.88. The second kappa shape index (κ2) is 8.23. The summed E-state index contributed by atoms with van der Waals surface area (Å²) in [4.78, 5) is 16.8. The van der Waals surface area contributed by atoms with E-state index in [2.05, 4.69) is 29.5 Å². The molecule has 3 fully saturated rings. The molecule has 1 aromatic rings. The van der Waals surface area contributed by atoms with Crippen LogP contribution in [0.2, 0.25) is 0 Å². The number of rotatable bonds is 7. The maximum absolute atomic E-state index is 12.7. The van der Waals surface area contributed by atoms with Gasteiger partial charge in [0, 0.05) is 37.4 Å². The zero-order chi connectivity index (χ0) is 21.4. The van der Waals surface area contributed by atoms with Crippen molar-refractivity contribution < 1.29 is 9.90 Å². The number of aromatic nitrogens is 1. The molecular formula is C25H39N3O2. The first kappa shape index (κ1) is 21.8. The fraction of sp³-hybridized carbons (Fsp3) is 0.760. The molecule has 30 heavy (non-hydrogen) atoms. The van der Waals surface area contributed by atoms with Gasteiger partial charge < -0.3 is 15.7 Å². The first-order valence-corrected chi connectivity index (χ1v) is 11.8. The Morgan fingerprint density at radius 3 is 2.70 bits per heavy atom. The molecule has 3 N–H and O–H groups in total. The molecule has 4 rings (SSSR count). The van der Waals surface area contributed by atoms with Crippen LogP contribution < -0.4 is 10.6 Å². The van der Waals surface area contributed by atoms with Crippen molar-refractivity contribution in [2.75, 3.05) is 0 Å². The highest BCUT2D eigenvalue weighted by Gasteiger charge is 2.61. The summed E-state index contributed by atoms with van der Waals surface area (Å²) in [5, 5.41) is 18.0. The molecule has 0 bridgehead atoms. The molecule has 0 spiro atoms. The average molecular weight is 414 g/mol. The summed E-state index contributed by atoms with van der Waals surface area (Å²) in [6, 6.07) is 4.98. The number of nitrogens with zero attached hydrogens (tertiary/aromatic N) is 1. The number of carbonyl (C=O) groups excluding carboxylic acids is 1. The van der Waals surface area contributed by atoms with Gasteiger partial charge in [-0.3, -0.25) is 9.78 Å². The van der Waals surface area contributed by atoms with Crippen molar-refractivity contribution in [1.82, 2.24) is 15.6 Å². The summed E-state index contributed by atoms with van der Waals surface area (Å²) in [5.41, 5.74) is 0.729. The molecular weight excluding hydrogens is 374 g/mol. The lowest BCUT2D eigenvalue weighted by Crippen LogP contribution is -2.54. The molecule has 0 aliphatic heterocycles. The Hall–Kier alpha value is -1.46. The molecule has 3 aliphatic carbocycles. The topological polar surface area (TPSA) is 74.2 Å². The number of hydrogen-bond acceptors (Lipinski definition) is 4. The van der Waals surface area contributed by atoms with Gasteiger partial charge in [0.2, 0.25) is 5.91 Å². The van der Waals surface area contributed by atoms with Gasteiger partial charge in [-0.1, -0.05) is 26.3 Å². The van der Waals surface area contributed by atoms with Crippen molar-refractivity contribution >= 4 is 5.91 Å². The monoisotopic (exact) mass is 413 g/mol. The Balaban J connectivity index is 1.46. The molecule has 5 nitrogen and oxygen atoms in total. The number of pyridine rings is 1.